The molecule has 7 nitrogen and oxygen atoms in total. The topological polar surface area (TPSA) is 74.2 Å². The van der Waals surface area contributed by atoms with E-state index in [-0.39, 0.29) is 45.6 Å². The minimum Gasteiger partial charge on any atom is -0.496 e. The van der Waals surface area contributed by atoms with Gasteiger partial charge in [0.15, 0.2) is 5.82 Å². The smallest absolute Gasteiger partial charge is 0.254 e. The number of amidine groups is 1. The lowest BCUT2D eigenvalue weighted by Crippen LogP contribution is -2.52. The zero-order valence-corrected chi connectivity index (χ0v) is 18.6. The van der Waals surface area contributed by atoms with Gasteiger partial charge in [-0.15, -0.1) is 0 Å². The van der Waals surface area contributed by atoms with E-state index in [0.29, 0.717) is 32.0 Å². The molecule has 1 fully saturated rings. The summed E-state index contributed by atoms with van der Waals surface area (Å²) in [5, 5.41) is 2.57. The second-order valence-electron chi connectivity index (χ2n) is 7.49. The van der Waals surface area contributed by atoms with Gasteiger partial charge in [0.05, 0.1) is 29.8 Å². The van der Waals surface area contributed by atoms with Gasteiger partial charge in [0.25, 0.3) is 5.91 Å². The highest BCUT2D eigenvalue weighted by molar-refractivity contribution is 6.34. The quantitative estimate of drug-likeness (QED) is 0.692. The summed E-state index contributed by atoms with van der Waals surface area (Å²) in [5.74, 6) is -1.82. The normalized spacial score (nSPS) is 15.9. The Morgan fingerprint density at radius 3 is 2.64 bits per heavy atom. The van der Waals surface area contributed by atoms with Gasteiger partial charge in [-0.1, -0.05) is 24.2 Å². The lowest BCUT2D eigenvalue weighted by Gasteiger charge is -2.36. The second kappa shape index (κ2) is 9.19. The van der Waals surface area contributed by atoms with Crippen LogP contribution in [-0.2, 0) is 4.79 Å². The number of rotatable bonds is 3. The fourth-order valence-electron chi connectivity index (χ4n) is 3.96. The summed E-state index contributed by atoms with van der Waals surface area (Å²) >= 11 is 6.32. The Balaban J connectivity index is 1.79. The molecule has 2 heterocycles. The Hall–Kier alpha value is -3.46. The van der Waals surface area contributed by atoms with Crippen LogP contribution in [0.25, 0.3) is 11.1 Å². The number of amides is 2. The van der Waals surface area contributed by atoms with E-state index in [1.165, 1.54) is 37.5 Å². The number of aliphatic imine (C=N–C) groups is 1. The van der Waals surface area contributed by atoms with Gasteiger partial charge in [0, 0.05) is 31.7 Å². The molecule has 2 aliphatic rings. The van der Waals surface area contributed by atoms with Crippen molar-refractivity contribution in [3.63, 3.8) is 0 Å². The third-order valence-electron chi connectivity index (χ3n) is 5.66. The second-order valence-corrected chi connectivity index (χ2v) is 7.90. The molecule has 1 saturated heterocycles. The van der Waals surface area contributed by atoms with Gasteiger partial charge in [-0.2, -0.15) is 0 Å². The average molecular weight is 475 g/mol. The molecule has 2 aliphatic heterocycles. The molecule has 0 bridgehead atoms. The fourth-order valence-corrected chi connectivity index (χ4v) is 4.24. The van der Waals surface area contributed by atoms with Gasteiger partial charge in [-0.3, -0.25) is 9.59 Å². The molecule has 4 rings (SSSR count). The number of nitrogens with one attached hydrogen (secondary N) is 1. The largest absolute Gasteiger partial charge is 0.496 e. The van der Waals surface area contributed by atoms with E-state index in [9.17, 15) is 14.0 Å². The summed E-state index contributed by atoms with van der Waals surface area (Å²) in [6.07, 6.45) is 1.26. The Labute approximate surface area is 194 Å². The maximum absolute atomic E-state index is 15.8. The van der Waals surface area contributed by atoms with Crippen molar-refractivity contribution in [1.29, 1.82) is 0 Å². The minimum atomic E-state index is -0.920. The number of piperazine rings is 1. The monoisotopic (exact) mass is 474 g/mol. The molecule has 0 radical (unpaired) electrons. The number of carbonyl (C=O) groups is 2. The average Bonchev–Trinajstić information content (AvgIpc) is 2.99. The summed E-state index contributed by atoms with van der Waals surface area (Å²) in [6, 6.07) is 5.38. The number of hydrogen-bond acceptors (Lipinski definition) is 5. The van der Waals surface area contributed by atoms with Gasteiger partial charge in [-0.25, -0.2) is 13.8 Å². The molecule has 2 amide bonds. The van der Waals surface area contributed by atoms with Gasteiger partial charge in [0.1, 0.15) is 23.1 Å². The molecular weight excluding hydrogens is 454 g/mol. The molecule has 0 unspecified atom stereocenters. The standard InChI is InChI=1S/C23H21ClF2N4O3/c1-3-18(31)30-9-7-29(8-10-30)17-12-27-23(32)13-11-14(24)19(21(26)22(13)28-17)20-15(25)5-4-6-16(20)33-2/h3-6,11H,1,7-10,12H2,2H3,(H,27,32). The van der Waals surface area contributed by atoms with Crippen molar-refractivity contribution >= 4 is 34.9 Å². The van der Waals surface area contributed by atoms with Crippen molar-refractivity contribution in [3.8, 4) is 16.9 Å². The molecule has 33 heavy (non-hydrogen) atoms. The van der Waals surface area contributed by atoms with Crippen molar-refractivity contribution in [2.75, 3.05) is 39.8 Å². The lowest BCUT2D eigenvalue weighted by molar-refractivity contribution is -0.127. The van der Waals surface area contributed by atoms with Crippen molar-refractivity contribution < 1.29 is 23.1 Å². The van der Waals surface area contributed by atoms with Crippen molar-refractivity contribution in [1.82, 2.24) is 15.1 Å². The van der Waals surface area contributed by atoms with Crippen molar-refractivity contribution in [3.05, 3.63) is 59.1 Å². The van der Waals surface area contributed by atoms with Crippen molar-refractivity contribution in [2.45, 2.75) is 0 Å². The molecule has 0 aromatic heterocycles. The van der Waals surface area contributed by atoms with Crippen LogP contribution < -0.4 is 10.1 Å². The van der Waals surface area contributed by atoms with E-state index in [1.807, 2.05) is 4.90 Å². The molecule has 0 aliphatic carbocycles. The molecule has 0 saturated carbocycles. The number of benzene rings is 2. The summed E-state index contributed by atoms with van der Waals surface area (Å²) in [5.41, 5.74) is -0.658. The predicted molar refractivity (Wildman–Crippen MR) is 121 cm³/mol. The Bertz CT molecular complexity index is 1180. The van der Waals surface area contributed by atoms with E-state index in [1.54, 1.807) is 4.90 Å². The zero-order chi connectivity index (χ0) is 23.7. The molecule has 0 atom stereocenters. The van der Waals surface area contributed by atoms with Crippen LogP contribution in [0.4, 0.5) is 14.5 Å². The summed E-state index contributed by atoms with van der Waals surface area (Å²) < 4.78 is 35.7. The zero-order valence-electron chi connectivity index (χ0n) is 17.8. The molecule has 2 aromatic carbocycles. The van der Waals surface area contributed by atoms with Crippen LogP contribution in [0.5, 0.6) is 5.75 Å². The number of ether oxygens (including phenoxy) is 1. The van der Waals surface area contributed by atoms with Crippen molar-refractivity contribution in [2.24, 2.45) is 4.99 Å². The summed E-state index contributed by atoms with van der Waals surface area (Å²) in [6.45, 7) is 5.34. The van der Waals surface area contributed by atoms with Gasteiger partial charge in [-0.05, 0) is 24.3 Å². The van der Waals surface area contributed by atoms with Crippen LogP contribution >= 0.6 is 11.6 Å². The number of halogens is 3. The lowest BCUT2D eigenvalue weighted by atomic mass is 9.99. The maximum atomic E-state index is 15.8. The Morgan fingerprint density at radius 1 is 1.24 bits per heavy atom. The first-order chi connectivity index (χ1) is 15.8. The van der Waals surface area contributed by atoms with Crippen LogP contribution in [-0.4, -0.2) is 67.3 Å². The first-order valence-corrected chi connectivity index (χ1v) is 10.6. The summed E-state index contributed by atoms with van der Waals surface area (Å²) in [4.78, 5) is 32.5. The highest BCUT2D eigenvalue weighted by Gasteiger charge is 2.30. The van der Waals surface area contributed by atoms with E-state index in [4.69, 9.17) is 16.3 Å². The van der Waals surface area contributed by atoms with E-state index < -0.39 is 17.5 Å². The Morgan fingerprint density at radius 2 is 1.97 bits per heavy atom. The molecule has 1 N–H and O–H groups in total. The first-order valence-electron chi connectivity index (χ1n) is 10.2. The highest BCUT2D eigenvalue weighted by Crippen LogP contribution is 2.43. The first kappa shape index (κ1) is 22.7. The van der Waals surface area contributed by atoms with E-state index >= 15 is 4.39 Å². The maximum Gasteiger partial charge on any atom is 0.254 e. The number of hydrogen-bond donors (Lipinski definition) is 1. The van der Waals surface area contributed by atoms with E-state index in [2.05, 4.69) is 16.9 Å². The number of fused-ring (bicyclic) bond motifs is 1. The van der Waals surface area contributed by atoms with Crippen LogP contribution in [0, 0.1) is 11.6 Å². The third-order valence-corrected chi connectivity index (χ3v) is 5.96. The van der Waals surface area contributed by atoms with Crippen LogP contribution in [0.3, 0.4) is 0 Å². The van der Waals surface area contributed by atoms with Gasteiger partial charge >= 0.3 is 0 Å². The highest BCUT2D eigenvalue weighted by atomic mass is 35.5. The molecule has 10 heteroatoms. The predicted octanol–water partition coefficient (Wildman–Crippen LogP) is 3.40. The Kier molecular flexibility index (Phi) is 6.33. The van der Waals surface area contributed by atoms with Crippen LogP contribution in [0.15, 0.2) is 41.9 Å². The molecule has 0 spiro atoms. The number of nitrogens with zero attached hydrogens (tertiary/aromatic N) is 3. The van der Waals surface area contributed by atoms with Crippen LogP contribution in [0.2, 0.25) is 5.02 Å². The molecule has 2 aromatic rings. The van der Waals surface area contributed by atoms with Crippen LogP contribution in [0.1, 0.15) is 10.4 Å². The molecular formula is C23H21ClF2N4O3. The third kappa shape index (κ3) is 4.16. The minimum absolute atomic E-state index is 0.0490. The molecule has 172 valence electrons. The SMILES string of the molecule is C=CC(=O)N1CCN(C2=Nc3c(cc(Cl)c(-c4c(F)cccc4OC)c3F)C(=O)NC2)CC1. The van der Waals surface area contributed by atoms with Gasteiger partial charge in [0.2, 0.25) is 5.91 Å². The summed E-state index contributed by atoms with van der Waals surface area (Å²) in [7, 11) is 1.34. The fraction of sp³-hybridized carbons (Fsp3) is 0.261. The van der Waals surface area contributed by atoms with E-state index in [0.717, 1.165) is 0 Å². The van der Waals surface area contributed by atoms with Gasteiger partial charge < -0.3 is 19.9 Å². The number of carbonyl (C=O) groups excluding carboxylic acids is 2. The number of methoxy groups -OCH3 is 1.